The van der Waals surface area contributed by atoms with Crippen molar-refractivity contribution in [2.45, 2.75) is 24.6 Å². The van der Waals surface area contributed by atoms with Gasteiger partial charge in [0.25, 0.3) is 0 Å². The number of benzene rings is 1. The summed E-state index contributed by atoms with van der Waals surface area (Å²) in [7, 11) is 1.58. The molecule has 2 aromatic rings. The molecule has 0 fully saturated rings. The van der Waals surface area contributed by atoms with Crippen LogP contribution in [0.1, 0.15) is 28.7 Å². The summed E-state index contributed by atoms with van der Waals surface area (Å²) < 4.78 is 10.3. The molecular formula is C14H16N2O2S2. The summed E-state index contributed by atoms with van der Waals surface area (Å²) in [4.78, 5) is 16.6. The lowest BCUT2D eigenvalue weighted by atomic mass is 10.1. The Hall–Kier alpha value is -1.40. The number of ether oxygens (including phenoxy) is 1. The molecule has 106 valence electrons. The van der Waals surface area contributed by atoms with Crippen LogP contribution in [0, 0.1) is 6.92 Å². The number of rotatable bonds is 6. The number of aromatic nitrogens is 2. The molecule has 20 heavy (non-hydrogen) atoms. The number of Topliss-reactive ketones (excluding diaryl/α,β-unsaturated/α-hetero) is 1. The van der Waals surface area contributed by atoms with Gasteiger partial charge in [0.05, 0.1) is 18.4 Å². The fraction of sp³-hybridized carbons (Fsp3) is 0.357. The van der Waals surface area contributed by atoms with Gasteiger partial charge < -0.3 is 4.74 Å². The van der Waals surface area contributed by atoms with Crippen molar-refractivity contribution in [3.8, 4) is 5.75 Å². The van der Waals surface area contributed by atoms with Crippen LogP contribution in [0.4, 0.5) is 0 Å². The molecule has 2 rings (SSSR count). The molecule has 6 heteroatoms. The van der Waals surface area contributed by atoms with Gasteiger partial charge in [-0.2, -0.15) is 4.37 Å². The Morgan fingerprint density at radius 1 is 1.45 bits per heavy atom. The van der Waals surface area contributed by atoms with E-state index in [-0.39, 0.29) is 5.78 Å². The minimum atomic E-state index is 0.0418. The average molecular weight is 308 g/mol. The molecule has 0 amide bonds. The second-order valence-corrected chi connectivity index (χ2v) is 6.22. The van der Waals surface area contributed by atoms with E-state index >= 15 is 0 Å². The summed E-state index contributed by atoms with van der Waals surface area (Å²) in [6.45, 7) is 3.98. The van der Waals surface area contributed by atoms with Gasteiger partial charge in [-0.25, -0.2) is 4.98 Å². The van der Waals surface area contributed by atoms with Crippen LogP contribution >= 0.6 is 23.3 Å². The second-order valence-electron chi connectivity index (χ2n) is 4.25. The van der Waals surface area contributed by atoms with E-state index in [1.54, 1.807) is 7.11 Å². The minimum Gasteiger partial charge on any atom is -0.496 e. The van der Waals surface area contributed by atoms with Crippen molar-refractivity contribution in [1.29, 1.82) is 0 Å². The number of nitrogens with zero attached hydrogens (tertiary/aromatic N) is 2. The predicted octanol–water partition coefficient (Wildman–Crippen LogP) is 3.39. The molecule has 0 spiro atoms. The zero-order valence-corrected chi connectivity index (χ0v) is 13.3. The van der Waals surface area contributed by atoms with Crippen LogP contribution in [0.25, 0.3) is 0 Å². The molecule has 0 bridgehead atoms. The number of ketones is 1. The van der Waals surface area contributed by atoms with Crippen molar-refractivity contribution in [1.82, 2.24) is 9.36 Å². The number of hydrogen-bond acceptors (Lipinski definition) is 6. The van der Waals surface area contributed by atoms with Gasteiger partial charge in [-0.1, -0.05) is 24.8 Å². The quantitative estimate of drug-likeness (QED) is 0.605. The van der Waals surface area contributed by atoms with Crippen LogP contribution in [0.2, 0.25) is 0 Å². The third kappa shape index (κ3) is 3.58. The van der Waals surface area contributed by atoms with Gasteiger partial charge in [-0.3, -0.25) is 4.79 Å². The van der Waals surface area contributed by atoms with E-state index in [0.29, 0.717) is 17.1 Å². The van der Waals surface area contributed by atoms with Crippen molar-refractivity contribution in [3.63, 3.8) is 0 Å². The Morgan fingerprint density at radius 2 is 2.25 bits per heavy atom. The fourth-order valence-electron chi connectivity index (χ4n) is 1.67. The molecule has 0 aliphatic carbocycles. The lowest BCUT2D eigenvalue weighted by Crippen LogP contribution is -2.05. The Bertz CT molecular complexity index is 611. The number of methoxy groups -OCH3 is 1. The maximum Gasteiger partial charge on any atom is 0.176 e. The van der Waals surface area contributed by atoms with Crippen LogP contribution < -0.4 is 4.74 Å². The lowest BCUT2D eigenvalue weighted by molar-refractivity contribution is 0.101. The van der Waals surface area contributed by atoms with Gasteiger partial charge in [-0.05, 0) is 36.2 Å². The molecule has 0 atom stereocenters. The zero-order valence-electron chi connectivity index (χ0n) is 11.7. The highest BCUT2D eigenvalue weighted by molar-refractivity contribution is 8.01. The number of carbonyl (C=O) groups excluding carboxylic acids is 1. The van der Waals surface area contributed by atoms with E-state index in [4.69, 9.17) is 4.74 Å². The van der Waals surface area contributed by atoms with E-state index in [1.165, 1.54) is 23.3 Å². The first kappa shape index (κ1) is 15.0. The number of hydrogen-bond donors (Lipinski definition) is 0. The number of aryl methyl sites for hydroxylation is 2. The van der Waals surface area contributed by atoms with Crippen LogP contribution in [0.15, 0.2) is 22.5 Å². The second kappa shape index (κ2) is 6.85. The van der Waals surface area contributed by atoms with E-state index < -0.39 is 0 Å². The third-order valence-corrected chi connectivity index (χ3v) is 4.62. The first-order valence-electron chi connectivity index (χ1n) is 6.27. The predicted molar refractivity (Wildman–Crippen MR) is 82.1 cm³/mol. The van der Waals surface area contributed by atoms with E-state index in [1.807, 2.05) is 32.0 Å². The van der Waals surface area contributed by atoms with Crippen molar-refractivity contribution < 1.29 is 9.53 Å². The lowest BCUT2D eigenvalue weighted by Gasteiger charge is -2.07. The van der Waals surface area contributed by atoms with E-state index in [9.17, 15) is 4.79 Å². The van der Waals surface area contributed by atoms with Crippen molar-refractivity contribution >= 4 is 29.1 Å². The largest absolute Gasteiger partial charge is 0.496 e. The smallest absolute Gasteiger partial charge is 0.176 e. The summed E-state index contributed by atoms with van der Waals surface area (Å²) >= 11 is 2.76. The highest BCUT2D eigenvalue weighted by atomic mass is 32.2. The summed E-state index contributed by atoms with van der Waals surface area (Å²) in [5, 5.41) is 0. The van der Waals surface area contributed by atoms with Crippen LogP contribution in [0.3, 0.4) is 0 Å². The third-order valence-electron chi connectivity index (χ3n) is 2.75. The molecule has 0 N–H and O–H groups in total. The molecule has 0 aliphatic rings. The van der Waals surface area contributed by atoms with Gasteiger partial charge in [-0.15, -0.1) is 0 Å². The topological polar surface area (TPSA) is 52.1 Å². The molecular weight excluding hydrogens is 292 g/mol. The average Bonchev–Trinajstić information content (AvgIpc) is 2.92. The summed E-state index contributed by atoms with van der Waals surface area (Å²) in [6, 6.07) is 5.60. The van der Waals surface area contributed by atoms with Gasteiger partial charge in [0.15, 0.2) is 10.1 Å². The van der Waals surface area contributed by atoms with Gasteiger partial charge >= 0.3 is 0 Å². The standard InChI is InChI=1S/C14H16N2O2S2/c1-4-13-15-14(20-16-13)19-8-11(17)10-6-5-9(2)7-12(10)18-3/h5-7H,4,8H2,1-3H3. The maximum atomic E-state index is 12.2. The highest BCUT2D eigenvalue weighted by Crippen LogP contribution is 2.25. The Balaban J connectivity index is 2.04. The van der Waals surface area contributed by atoms with Gasteiger partial charge in [0.2, 0.25) is 0 Å². The Labute approximate surface area is 126 Å². The monoisotopic (exact) mass is 308 g/mol. The molecule has 0 radical (unpaired) electrons. The molecule has 1 aromatic carbocycles. The molecule has 0 aliphatic heterocycles. The van der Waals surface area contributed by atoms with E-state index in [0.717, 1.165) is 22.1 Å². The first-order valence-corrected chi connectivity index (χ1v) is 8.03. The van der Waals surface area contributed by atoms with Crippen molar-refractivity contribution in [2.24, 2.45) is 0 Å². The molecule has 1 heterocycles. The van der Waals surface area contributed by atoms with Crippen molar-refractivity contribution in [3.05, 3.63) is 35.2 Å². The summed E-state index contributed by atoms with van der Waals surface area (Å²) in [6.07, 6.45) is 0.816. The molecule has 0 saturated carbocycles. The number of carbonyl (C=O) groups is 1. The van der Waals surface area contributed by atoms with Crippen molar-refractivity contribution in [2.75, 3.05) is 12.9 Å². The molecule has 0 unspecified atom stereocenters. The number of thioether (sulfide) groups is 1. The van der Waals surface area contributed by atoms with Crippen LogP contribution in [-0.4, -0.2) is 28.0 Å². The van der Waals surface area contributed by atoms with Gasteiger partial charge in [0.1, 0.15) is 11.6 Å². The zero-order chi connectivity index (χ0) is 14.5. The minimum absolute atomic E-state index is 0.0418. The van der Waals surface area contributed by atoms with Crippen LogP contribution in [-0.2, 0) is 6.42 Å². The van der Waals surface area contributed by atoms with E-state index in [2.05, 4.69) is 9.36 Å². The summed E-state index contributed by atoms with van der Waals surface area (Å²) in [5.74, 6) is 1.85. The molecule has 4 nitrogen and oxygen atoms in total. The fourth-order valence-corrected chi connectivity index (χ4v) is 3.25. The Morgan fingerprint density at radius 3 is 2.90 bits per heavy atom. The SMILES string of the molecule is CCc1nsc(SCC(=O)c2ccc(C)cc2OC)n1. The van der Waals surface area contributed by atoms with Gasteiger partial charge in [0, 0.05) is 6.42 Å². The molecule has 0 saturated heterocycles. The molecule has 1 aromatic heterocycles. The summed E-state index contributed by atoms with van der Waals surface area (Å²) in [5.41, 5.74) is 1.69. The normalized spacial score (nSPS) is 10.6. The Kier molecular flexibility index (Phi) is 5.14. The van der Waals surface area contributed by atoms with Crippen LogP contribution in [0.5, 0.6) is 5.75 Å². The highest BCUT2D eigenvalue weighted by Gasteiger charge is 2.14. The maximum absolute atomic E-state index is 12.2. The first-order chi connectivity index (χ1) is 9.63.